The Labute approximate surface area is 117 Å². The van der Waals surface area contributed by atoms with E-state index in [1.54, 1.807) is 20.9 Å². The lowest BCUT2D eigenvalue weighted by molar-refractivity contribution is -0.384. The predicted octanol–water partition coefficient (Wildman–Crippen LogP) is 1.22. The lowest BCUT2D eigenvalue weighted by Gasteiger charge is -2.14. The number of carbonyl (C=O) groups excluding carboxylic acids is 1. The Morgan fingerprint density at radius 2 is 2.15 bits per heavy atom. The standard InChI is InChI=1S/C12H21N5O3/c1-5-7-13-12(18)8(3)14-11-10(17(19)20)9(6-2)15-16(11)4/h8,14H,5-7H2,1-4H3,(H,13,18). The van der Waals surface area contributed by atoms with Gasteiger partial charge in [0.2, 0.25) is 11.7 Å². The summed E-state index contributed by atoms with van der Waals surface area (Å²) in [5.74, 6) is 0.0615. The molecule has 1 atom stereocenters. The highest BCUT2D eigenvalue weighted by atomic mass is 16.6. The lowest BCUT2D eigenvalue weighted by Crippen LogP contribution is -2.38. The van der Waals surface area contributed by atoms with Crippen LogP contribution in [0.2, 0.25) is 0 Å². The van der Waals surface area contributed by atoms with Gasteiger partial charge in [0.25, 0.3) is 0 Å². The van der Waals surface area contributed by atoms with Crippen molar-refractivity contribution in [2.24, 2.45) is 7.05 Å². The van der Waals surface area contributed by atoms with Crippen molar-refractivity contribution in [1.29, 1.82) is 0 Å². The van der Waals surface area contributed by atoms with E-state index in [1.165, 1.54) is 4.68 Å². The van der Waals surface area contributed by atoms with Crippen LogP contribution in [0.4, 0.5) is 11.5 Å². The van der Waals surface area contributed by atoms with E-state index in [0.29, 0.717) is 18.7 Å². The molecule has 0 aromatic carbocycles. The van der Waals surface area contributed by atoms with Crippen molar-refractivity contribution < 1.29 is 9.72 Å². The molecule has 0 fully saturated rings. The Bertz CT molecular complexity index is 498. The van der Waals surface area contributed by atoms with E-state index >= 15 is 0 Å². The Hall–Kier alpha value is -2.12. The third kappa shape index (κ3) is 3.46. The molecule has 20 heavy (non-hydrogen) atoms. The Kier molecular flexibility index (Phi) is 5.48. The number of hydrogen-bond donors (Lipinski definition) is 2. The molecule has 0 saturated heterocycles. The fourth-order valence-electron chi connectivity index (χ4n) is 1.83. The molecule has 1 amide bonds. The van der Waals surface area contributed by atoms with Crippen LogP contribution in [0, 0.1) is 10.1 Å². The van der Waals surface area contributed by atoms with Crippen molar-refractivity contribution in [3.8, 4) is 0 Å². The predicted molar refractivity (Wildman–Crippen MR) is 75.6 cm³/mol. The van der Waals surface area contributed by atoms with Crippen molar-refractivity contribution >= 4 is 17.4 Å². The lowest BCUT2D eigenvalue weighted by atomic mass is 10.2. The molecule has 0 aliphatic carbocycles. The average molecular weight is 283 g/mol. The third-order valence-electron chi connectivity index (χ3n) is 2.91. The second-order valence-corrected chi connectivity index (χ2v) is 4.54. The normalized spacial score (nSPS) is 12.0. The summed E-state index contributed by atoms with van der Waals surface area (Å²) in [7, 11) is 1.62. The van der Waals surface area contributed by atoms with Gasteiger partial charge in [-0.2, -0.15) is 5.10 Å². The summed E-state index contributed by atoms with van der Waals surface area (Å²) >= 11 is 0. The fourth-order valence-corrected chi connectivity index (χ4v) is 1.83. The summed E-state index contributed by atoms with van der Waals surface area (Å²) in [6.07, 6.45) is 1.30. The second-order valence-electron chi connectivity index (χ2n) is 4.54. The van der Waals surface area contributed by atoms with Crippen LogP contribution in [0.5, 0.6) is 0 Å². The maximum absolute atomic E-state index is 11.8. The maximum atomic E-state index is 11.8. The van der Waals surface area contributed by atoms with Crippen LogP contribution in [0.15, 0.2) is 0 Å². The van der Waals surface area contributed by atoms with E-state index in [1.807, 2.05) is 6.92 Å². The first-order valence-corrected chi connectivity index (χ1v) is 6.66. The monoisotopic (exact) mass is 283 g/mol. The van der Waals surface area contributed by atoms with Crippen LogP contribution in [0.3, 0.4) is 0 Å². The Morgan fingerprint density at radius 1 is 1.50 bits per heavy atom. The van der Waals surface area contributed by atoms with E-state index in [-0.39, 0.29) is 17.4 Å². The molecule has 0 aliphatic rings. The van der Waals surface area contributed by atoms with Crippen LogP contribution < -0.4 is 10.6 Å². The van der Waals surface area contributed by atoms with Crippen LogP contribution in [-0.2, 0) is 18.3 Å². The van der Waals surface area contributed by atoms with Gasteiger partial charge >= 0.3 is 5.69 Å². The van der Waals surface area contributed by atoms with Gasteiger partial charge in [-0.15, -0.1) is 0 Å². The summed E-state index contributed by atoms with van der Waals surface area (Å²) in [6, 6.07) is -0.569. The largest absolute Gasteiger partial charge is 0.354 e. The first-order chi connectivity index (χ1) is 9.42. The molecule has 112 valence electrons. The van der Waals surface area contributed by atoms with Crippen LogP contribution >= 0.6 is 0 Å². The number of amides is 1. The van der Waals surface area contributed by atoms with Crippen LogP contribution in [0.25, 0.3) is 0 Å². The Balaban J connectivity index is 2.94. The zero-order chi connectivity index (χ0) is 15.3. The zero-order valence-electron chi connectivity index (χ0n) is 12.3. The number of carbonyl (C=O) groups is 1. The van der Waals surface area contributed by atoms with Gasteiger partial charge in [0.05, 0.1) is 4.92 Å². The number of hydrogen-bond acceptors (Lipinski definition) is 5. The number of aryl methyl sites for hydroxylation is 2. The van der Waals surface area contributed by atoms with E-state index in [9.17, 15) is 14.9 Å². The molecule has 1 aromatic rings. The van der Waals surface area contributed by atoms with Gasteiger partial charge in [-0.1, -0.05) is 13.8 Å². The van der Waals surface area contributed by atoms with Gasteiger partial charge in [0, 0.05) is 13.6 Å². The molecular formula is C12H21N5O3. The summed E-state index contributed by atoms with van der Waals surface area (Å²) in [4.78, 5) is 22.5. The molecule has 0 spiro atoms. The molecule has 1 unspecified atom stereocenters. The van der Waals surface area contributed by atoms with E-state index in [0.717, 1.165) is 6.42 Å². The highest BCUT2D eigenvalue weighted by Crippen LogP contribution is 2.28. The van der Waals surface area contributed by atoms with Gasteiger partial charge in [0.1, 0.15) is 11.7 Å². The number of anilines is 1. The molecular weight excluding hydrogens is 262 g/mol. The van der Waals surface area contributed by atoms with Crippen LogP contribution in [0.1, 0.15) is 32.9 Å². The minimum Gasteiger partial charge on any atom is -0.354 e. The van der Waals surface area contributed by atoms with Gasteiger partial charge < -0.3 is 10.6 Å². The average Bonchev–Trinajstić information content (AvgIpc) is 2.72. The van der Waals surface area contributed by atoms with Crippen molar-refractivity contribution in [1.82, 2.24) is 15.1 Å². The molecule has 8 nitrogen and oxygen atoms in total. The summed E-state index contributed by atoms with van der Waals surface area (Å²) in [6.45, 7) is 6.00. The second kappa shape index (κ2) is 6.88. The smallest absolute Gasteiger partial charge is 0.334 e. The first kappa shape index (κ1) is 15.9. The summed E-state index contributed by atoms with van der Waals surface area (Å²) in [5.41, 5.74) is 0.339. The SMILES string of the molecule is CCCNC(=O)C(C)Nc1c([N+](=O)[O-])c(CC)nn1C. The summed E-state index contributed by atoms with van der Waals surface area (Å²) < 4.78 is 1.40. The third-order valence-corrected chi connectivity index (χ3v) is 2.91. The molecule has 0 bridgehead atoms. The number of nitrogens with one attached hydrogen (secondary N) is 2. The van der Waals surface area contributed by atoms with Crippen molar-refractivity contribution in [3.63, 3.8) is 0 Å². The molecule has 0 saturated carbocycles. The molecule has 8 heteroatoms. The van der Waals surface area contributed by atoms with E-state index in [2.05, 4.69) is 15.7 Å². The fraction of sp³-hybridized carbons (Fsp3) is 0.667. The summed E-state index contributed by atoms with van der Waals surface area (Å²) in [5, 5.41) is 20.9. The van der Waals surface area contributed by atoms with E-state index in [4.69, 9.17) is 0 Å². The van der Waals surface area contributed by atoms with Gasteiger partial charge in [-0.3, -0.25) is 14.9 Å². The highest BCUT2D eigenvalue weighted by molar-refractivity contribution is 5.84. The molecule has 0 aliphatic heterocycles. The van der Waals surface area contributed by atoms with E-state index < -0.39 is 11.0 Å². The maximum Gasteiger partial charge on any atom is 0.334 e. The van der Waals surface area contributed by atoms with Gasteiger partial charge in [0.15, 0.2) is 0 Å². The molecule has 2 N–H and O–H groups in total. The topological polar surface area (TPSA) is 102 Å². The van der Waals surface area contributed by atoms with Crippen molar-refractivity contribution in [3.05, 3.63) is 15.8 Å². The zero-order valence-corrected chi connectivity index (χ0v) is 12.3. The molecule has 0 radical (unpaired) electrons. The van der Waals surface area contributed by atoms with Gasteiger partial charge in [-0.05, 0) is 19.8 Å². The van der Waals surface area contributed by atoms with Crippen LogP contribution in [-0.4, -0.2) is 33.2 Å². The molecule has 1 heterocycles. The van der Waals surface area contributed by atoms with Crippen molar-refractivity contribution in [2.75, 3.05) is 11.9 Å². The number of nitro groups is 1. The van der Waals surface area contributed by atoms with Crippen molar-refractivity contribution in [2.45, 2.75) is 39.7 Å². The number of rotatable bonds is 7. The number of aromatic nitrogens is 2. The van der Waals surface area contributed by atoms with Gasteiger partial charge in [-0.25, -0.2) is 4.68 Å². The molecule has 1 aromatic heterocycles. The molecule has 1 rings (SSSR count). The first-order valence-electron chi connectivity index (χ1n) is 6.66. The number of nitrogens with zero attached hydrogens (tertiary/aromatic N) is 3. The Morgan fingerprint density at radius 3 is 2.65 bits per heavy atom. The minimum atomic E-state index is -0.569. The quantitative estimate of drug-likeness (QED) is 0.578. The minimum absolute atomic E-state index is 0.0647. The highest BCUT2D eigenvalue weighted by Gasteiger charge is 2.27.